The first kappa shape index (κ1) is 20.7. The lowest BCUT2D eigenvalue weighted by atomic mass is 10.1. The van der Waals surface area contributed by atoms with E-state index in [-0.39, 0.29) is 5.91 Å². The summed E-state index contributed by atoms with van der Waals surface area (Å²) >= 11 is 1.47. The zero-order valence-electron chi connectivity index (χ0n) is 17.7. The fourth-order valence-corrected chi connectivity index (χ4v) is 4.43. The number of nitrogens with zero attached hydrogens (tertiary/aromatic N) is 4. The molecule has 2 aromatic heterocycles. The van der Waals surface area contributed by atoms with Gasteiger partial charge in [-0.15, -0.1) is 0 Å². The molecule has 1 fully saturated rings. The normalized spacial score (nSPS) is 15.3. The van der Waals surface area contributed by atoms with Crippen LogP contribution in [-0.4, -0.2) is 58.9 Å². The molecule has 0 saturated carbocycles. The van der Waals surface area contributed by atoms with Gasteiger partial charge in [0, 0.05) is 55.2 Å². The van der Waals surface area contributed by atoms with Crippen molar-refractivity contribution in [1.29, 1.82) is 0 Å². The van der Waals surface area contributed by atoms with Crippen molar-refractivity contribution in [2.45, 2.75) is 20.4 Å². The quantitative estimate of drug-likeness (QED) is 0.679. The fourth-order valence-electron chi connectivity index (χ4n) is 3.63. The third-order valence-electron chi connectivity index (χ3n) is 5.29. The first-order valence-electron chi connectivity index (χ1n) is 10.2. The standard InChI is InChI=1S/C23H27N5OS/c1-16-12-20(13-17(2)25-16)23-24-14-21(30-23)26-22(29)19-6-4-18(5-7-19)15-28-10-8-27(3)9-11-28/h4-7,12-14H,8-11,15H2,1-3H3,(H,26,29). The van der Waals surface area contributed by atoms with E-state index in [2.05, 4.69) is 32.1 Å². The van der Waals surface area contributed by atoms with E-state index in [4.69, 9.17) is 0 Å². The maximum absolute atomic E-state index is 12.6. The maximum Gasteiger partial charge on any atom is 0.256 e. The molecule has 4 rings (SSSR count). The SMILES string of the molecule is Cc1cc(-c2ncc(NC(=O)c3ccc(CN4CCN(C)CC4)cc3)s2)cc(C)n1. The number of amides is 1. The number of likely N-dealkylation sites (N-methyl/N-ethyl adjacent to an activating group) is 1. The minimum Gasteiger partial charge on any atom is -0.312 e. The first-order chi connectivity index (χ1) is 14.5. The Morgan fingerprint density at radius 2 is 1.73 bits per heavy atom. The van der Waals surface area contributed by atoms with E-state index in [9.17, 15) is 4.79 Å². The zero-order valence-corrected chi connectivity index (χ0v) is 18.5. The van der Waals surface area contributed by atoms with Gasteiger partial charge >= 0.3 is 0 Å². The molecule has 1 aliphatic heterocycles. The number of aryl methyl sites for hydroxylation is 2. The fraction of sp³-hybridized carbons (Fsp3) is 0.348. The zero-order chi connectivity index (χ0) is 21.1. The predicted octanol–water partition coefficient (Wildman–Crippen LogP) is 3.82. The second kappa shape index (κ2) is 9.04. The van der Waals surface area contributed by atoms with Crippen LogP contribution in [0.3, 0.4) is 0 Å². The largest absolute Gasteiger partial charge is 0.312 e. The van der Waals surface area contributed by atoms with Crippen molar-refractivity contribution >= 4 is 22.2 Å². The van der Waals surface area contributed by atoms with Crippen molar-refractivity contribution in [3.05, 3.63) is 65.1 Å². The highest BCUT2D eigenvalue weighted by atomic mass is 32.1. The molecule has 1 aromatic carbocycles. The molecule has 1 N–H and O–H groups in total. The van der Waals surface area contributed by atoms with Gasteiger partial charge in [-0.05, 0) is 50.7 Å². The van der Waals surface area contributed by atoms with Crippen LogP contribution in [0.15, 0.2) is 42.6 Å². The summed E-state index contributed by atoms with van der Waals surface area (Å²) in [6.45, 7) is 9.26. The smallest absolute Gasteiger partial charge is 0.256 e. The van der Waals surface area contributed by atoms with Gasteiger partial charge in [-0.1, -0.05) is 23.5 Å². The molecule has 3 heterocycles. The van der Waals surface area contributed by atoms with Crippen LogP contribution < -0.4 is 5.32 Å². The topological polar surface area (TPSA) is 61.4 Å². The Kier molecular flexibility index (Phi) is 6.22. The Bertz CT molecular complexity index is 1000. The van der Waals surface area contributed by atoms with Gasteiger partial charge in [-0.25, -0.2) is 4.98 Å². The van der Waals surface area contributed by atoms with Gasteiger partial charge in [0.05, 0.1) is 6.20 Å². The molecule has 6 nitrogen and oxygen atoms in total. The predicted molar refractivity (Wildman–Crippen MR) is 122 cm³/mol. The van der Waals surface area contributed by atoms with E-state index in [0.717, 1.165) is 59.7 Å². The van der Waals surface area contributed by atoms with Crippen LogP contribution in [0.1, 0.15) is 27.3 Å². The van der Waals surface area contributed by atoms with Crippen LogP contribution in [0.5, 0.6) is 0 Å². The van der Waals surface area contributed by atoms with Crippen molar-refractivity contribution in [1.82, 2.24) is 19.8 Å². The van der Waals surface area contributed by atoms with Crippen molar-refractivity contribution in [3.63, 3.8) is 0 Å². The average molecular weight is 422 g/mol. The maximum atomic E-state index is 12.6. The van der Waals surface area contributed by atoms with Crippen molar-refractivity contribution in [2.24, 2.45) is 0 Å². The third kappa shape index (κ3) is 5.11. The van der Waals surface area contributed by atoms with Crippen LogP contribution in [0.4, 0.5) is 5.00 Å². The van der Waals surface area contributed by atoms with Crippen LogP contribution in [0.2, 0.25) is 0 Å². The summed E-state index contributed by atoms with van der Waals surface area (Å²) in [5.74, 6) is -0.113. The van der Waals surface area contributed by atoms with Gasteiger partial charge < -0.3 is 10.2 Å². The summed E-state index contributed by atoms with van der Waals surface area (Å²) in [6.07, 6.45) is 1.71. The molecule has 0 spiro atoms. The number of aromatic nitrogens is 2. The number of pyridine rings is 1. The third-order valence-corrected chi connectivity index (χ3v) is 6.25. The number of hydrogen-bond acceptors (Lipinski definition) is 6. The molecule has 1 amide bonds. The summed E-state index contributed by atoms with van der Waals surface area (Å²) < 4.78 is 0. The highest BCUT2D eigenvalue weighted by Crippen LogP contribution is 2.29. The van der Waals surface area contributed by atoms with Gasteiger partial charge in [0.15, 0.2) is 0 Å². The number of benzene rings is 1. The van der Waals surface area contributed by atoms with Crippen LogP contribution in [0, 0.1) is 13.8 Å². The summed E-state index contributed by atoms with van der Waals surface area (Å²) in [4.78, 5) is 26.3. The lowest BCUT2D eigenvalue weighted by Crippen LogP contribution is -2.43. The number of carbonyl (C=O) groups excluding carboxylic acids is 1. The molecule has 0 unspecified atom stereocenters. The van der Waals surface area contributed by atoms with Crippen molar-refractivity contribution in [2.75, 3.05) is 38.5 Å². The lowest BCUT2D eigenvalue weighted by molar-refractivity contribution is 0.102. The summed E-state index contributed by atoms with van der Waals surface area (Å²) in [5.41, 5.74) is 4.84. The minimum atomic E-state index is -0.113. The highest BCUT2D eigenvalue weighted by Gasteiger charge is 2.15. The molecular weight excluding hydrogens is 394 g/mol. The Labute approximate surface area is 181 Å². The molecule has 1 saturated heterocycles. The van der Waals surface area contributed by atoms with Gasteiger partial charge in [-0.3, -0.25) is 14.7 Å². The molecular formula is C23H27N5OS. The van der Waals surface area contributed by atoms with Crippen molar-refractivity contribution in [3.8, 4) is 10.6 Å². The number of carbonyl (C=O) groups is 1. The Hall–Kier alpha value is -2.61. The first-order valence-corrected chi connectivity index (χ1v) is 11.0. The summed E-state index contributed by atoms with van der Waals surface area (Å²) in [5, 5.41) is 4.58. The van der Waals surface area contributed by atoms with Gasteiger partial charge in [0.25, 0.3) is 5.91 Å². The summed E-state index contributed by atoms with van der Waals surface area (Å²) in [6, 6.07) is 11.9. The van der Waals surface area contributed by atoms with Crippen molar-refractivity contribution < 1.29 is 4.79 Å². The van der Waals surface area contributed by atoms with Gasteiger partial charge in [0.2, 0.25) is 0 Å². The molecule has 0 bridgehead atoms. The van der Waals surface area contributed by atoms with Gasteiger partial charge in [0.1, 0.15) is 10.0 Å². The number of nitrogens with one attached hydrogen (secondary N) is 1. The minimum absolute atomic E-state index is 0.113. The number of rotatable bonds is 5. The molecule has 0 radical (unpaired) electrons. The Morgan fingerprint density at radius 3 is 2.40 bits per heavy atom. The average Bonchev–Trinajstić information content (AvgIpc) is 3.18. The number of thiazole rings is 1. The van der Waals surface area contributed by atoms with Crippen LogP contribution in [0.25, 0.3) is 10.6 Å². The highest BCUT2D eigenvalue weighted by molar-refractivity contribution is 7.19. The molecule has 0 atom stereocenters. The van der Waals surface area contributed by atoms with E-state index in [1.807, 2.05) is 50.2 Å². The molecule has 30 heavy (non-hydrogen) atoms. The van der Waals surface area contributed by atoms with E-state index >= 15 is 0 Å². The van der Waals surface area contributed by atoms with E-state index < -0.39 is 0 Å². The van der Waals surface area contributed by atoms with Gasteiger partial charge in [-0.2, -0.15) is 0 Å². The molecule has 3 aromatic rings. The molecule has 156 valence electrons. The van der Waals surface area contributed by atoms with Crippen LogP contribution >= 0.6 is 11.3 Å². The van der Waals surface area contributed by atoms with E-state index in [1.54, 1.807) is 6.20 Å². The summed E-state index contributed by atoms with van der Waals surface area (Å²) in [7, 11) is 2.16. The Morgan fingerprint density at radius 1 is 1.07 bits per heavy atom. The second-order valence-corrected chi connectivity index (χ2v) is 8.93. The molecule has 1 aliphatic rings. The van der Waals surface area contributed by atoms with E-state index in [1.165, 1.54) is 16.9 Å². The Balaban J connectivity index is 1.37. The monoisotopic (exact) mass is 421 g/mol. The lowest BCUT2D eigenvalue weighted by Gasteiger charge is -2.32. The molecule has 0 aliphatic carbocycles. The van der Waals surface area contributed by atoms with E-state index in [0.29, 0.717) is 5.56 Å². The second-order valence-electron chi connectivity index (χ2n) is 7.90. The number of anilines is 1. The van der Waals surface area contributed by atoms with Crippen LogP contribution in [-0.2, 0) is 6.54 Å². The number of hydrogen-bond donors (Lipinski definition) is 1. The molecule has 7 heteroatoms. The number of piperazine rings is 1.